The number of rotatable bonds is 5. The molecular formula is C22H19N3O2. The highest BCUT2D eigenvalue weighted by Crippen LogP contribution is 2.20. The monoisotopic (exact) mass is 357 g/mol. The molecular weight excluding hydrogens is 338 g/mol. The van der Waals surface area contributed by atoms with Crippen LogP contribution in [0.5, 0.6) is 0 Å². The fourth-order valence-corrected chi connectivity index (χ4v) is 2.72. The lowest BCUT2D eigenvalue weighted by Crippen LogP contribution is -2.12. The third-order valence-electron chi connectivity index (χ3n) is 3.97. The van der Waals surface area contributed by atoms with Gasteiger partial charge in [-0.25, -0.2) is 9.48 Å². The number of nitrogens with zero attached hydrogens (tertiary/aromatic N) is 3. The van der Waals surface area contributed by atoms with Crippen molar-refractivity contribution in [2.45, 2.75) is 13.8 Å². The normalized spacial score (nSPS) is 10.7. The maximum Gasteiger partial charge on any atom is 0.357 e. The van der Waals surface area contributed by atoms with E-state index < -0.39 is 5.97 Å². The number of nitriles is 1. The Kier molecular flexibility index (Phi) is 5.48. The number of ether oxygens (including phenoxy) is 1. The molecule has 0 spiro atoms. The van der Waals surface area contributed by atoms with Crippen LogP contribution in [0.2, 0.25) is 0 Å². The molecule has 2 aromatic carbocycles. The van der Waals surface area contributed by atoms with Gasteiger partial charge in [-0.05, 0) is 43.2 Å². The van der Waals surface area contributed by atoms with E-state index in [-0.39, 0.29) is 6.61 Å². The van der Waals surface area contributed by atoms with Crippen LogP contribution in [0.4, 0.5) is 0 Å². The molecule has 0 atom stereocenters. The number of carbonyl (C=O) groups excluding carboxylic acids is 1. The maximum atomic E-state index is 12.2. The van der Waals surface area contributed by atoms with E-state index in [4.69, 9.17) is 4.74 Å². The van der Waals surface area contributed by atoms with Crippen LogP contribution in [0.15, 0.2) is 54.6 Å². The minimum atomic E-state index is -0.440. The molecule has 134 valence electrons. The summed E-state index contributed by atoms with van der Waals surface area (Å²) in [6, 6.07) is 19.2. The summed E-state index contributed by atoms with van der Waals surface area (Å²) < 4.78 is 6.61. The van der Waals surface area contributed by atoms with Crippen LogP contribution in [0.1, 0.15) is 39.8 Å². The van der Waals surface area contributed by atoms with Crippen LogP contribution in [0, 0.1) is 18.3 Å². The average Bonchev–Trinajstić information content (AvgIpc) is 3.09. The maximum absolute atomic E-state index is 12.2. The molecule has 0 amide bonds. The van der Waals surface area contributed by atoms with Gasteiger partial charge < -0.3 is 4.74 Å². The number of benzene rings is 2. The highest BCUT2D eigenvalue weighted by molar-refractivity contribution is 5.88. The van der Waals surface area contributed by atoms with Crippen molar-refractivity contribution in [1.82, 2.24) is 9.78 Å². The topological polar surface area (TPSA) is 67.9 Å². The summed E-state index contributed by atoms with van der Waals surface area (Å²) in [6.45, 7) is 3.85. The van der Waals surface area contributed by atoms with E-state index in [1.165, 1.54) is 4.68 Å². The van der Waals surface area contributed by atoms with E-state index in [0.717, 1.165) is 11.1 Å². The molecule has 5 nitrogen and oxygen atoms in total. The third kappa shape index (κ3) is 4.13. The molecule has 5 heteroatoms. The first kappa shape index (κ1) is 18.2. The summed E-state index contributed by atoms with van der Waals surface area (Å²) in [5.74, 6) is -0.440. The van der Waals surface area contributed by atoms with Gasteiger partial charge in [0.05, 0.1) is 29.6 Å². The van der Waals surface area contributed by atoms with E-state index in [2.05, 4.69) is 11.2 Å². The fraction of sp³-hybridized carbons (Fsp3) is 0.136. The van der Waals surface area contributed by atoms with Crippen molar-refractivity contribution in [3.05, 3.63) is 82.7 Å². The molecule has 3 aromatic rings. The highest BCUT2D eigenvalue weighted by Gasteiger charge is 2.17. The van der Waals surface area contributed by atoms with Crippen molar-refractivity contribution in [2.24, 2.45) is 0 Å². The molecule has 0 saturated carbocycles. The van der Waals surface area contributed by atoms with Gasteiger partial charge in [-0.1, -0.05) is 48.6 Å². The van der Waals surface area contributed by atoms with E-state index in [1.807, 2.05) is 54.6 Å². The first-order valence-electron chi connectivity index (χ1n) is 8.64. The predicted octanol–water partition coefficient (Wildman–Crippen LogP) is 4.40. The van der Waals surface area contributed by atoms with Gasteiger partial charge in [0.2, 0.25) is 0 Å². The average molecular weight is 357 g/mol. The largest absolute Gasteiger partial charge is 0.461 e. The van der Waals surface area contributed by atoms with Crippen molar-refractivity contribution in [1.29, 1.82) is 5.26 Å². The smallest absolute Gasteiger partial charge is 0.357 e. The van der Waals surface area contributed by atoms with E-state index >= 15 is 0 Å². The Morgan fingerprint density at radius 1 is 1.19 bits per heavy atom. The predicted molar refractivity (Wildman–Crippen MR) is 104 cm³/mol. The SMILES string of the molecule is CCOC(=O)c1cc(C)nn1-c1ccc(/C=C/c2ccccc2)c(C#N)c1. The molecule has 0 fully saturated rings. The molecule has 0 saturated heterocycles. The summed E-state index contributed by atoms with van der Waals surface area (Å²) in [7, 11) is 0. The quantitative estimate of drug-likeness (QED) is 0.501. The second-order valence-electron chi connectivity index (χ2n) is 5.93. The second-order valence-corrected chi connectivity index (χ2v) is 5.93. The molecule has 0 radical (unpaired) electrons. The number of hydrogen-bond acceptors (Lipinski definition) is 4. The Balaban J connectivity index is 1.97. The van der Waals surface area contributed by atoms with Crippen molar-refractivity contribution < 1.29 is 9.53 Å². The zero-order valence-electron chi connectivity index (χ0n) is 15.2. The molecule has 0 aliphatic rings. The molecule has 0 aliphatic carbocycles. The van der Waals surface area contributed by atoms with Crippen LogP contribution < -0.4 is 0 Å². The number of aryl methyl sites for hydroxylation is 1. The van der Waals surface area contributed by atoms with Gasteiger partial charge in [0.25, 0.3) is 0 Å². The van der Waals surface area contributed by atoms with Gasteiger partial charge in [-0.3, -0.25) is 0 Å². The Morgan fingerprint density at radius 3 is 2.67 bits per heavy atom. The Hall–Kier alpha value is -3.65. The molecule has 0 aliphatic heterocycles. The lowest BCUT2D eigenvalue weighted by molar-refractivity contribution is 0.0515. The molecule has 0 N–H and O–H groups in total. The number of hydrogen-bond donors (Lipinski definition) is 0. The summed E-state index contributed by atoms with van der Waals surface area (Å²) in [5, 5.41) is 13.9. The minimum Gasteiger partial charge on any atom is -0.461 e. The van der Waals surface area contributed by atoms with Crippen LogP contribution in [-0.4, -0.2) is 22.4 Å². The summed E-state index contributed by atoms with van der Waals surface area (Å²) in [6.07, 6.45) is 3.86. The molecule has 0 unspecified atom stereocenters. The third-order valence-corrected chi connectivity index (χ3v) is 3.97. The highest BCUT2D eigenvalue weighted by atomic mass is 16.5. The van der Waals surface area contributed by atoms with Crippen LogP contribution in [-0.2, 0) is 4.74 Å². The van der Waals surface area contributed by atoms with E-state index in [1.54, 1.807) is 26.0 Å². The first-order chi connectivity index (χ1) is 13.1. The zero-order chi connectivity index (χ0) is 19.2. The van der Waals surface area contributed by atoms with Gasteiger partial charge in [-0.2, -0.15) is 10.4 Å². The zero-order valence-corrected chi connectivity index (χ0v) is 15.2. The Morgan fingerprint density at radius 2 is 1.96 bits per heavy atom. The standard InChI is InChI=1S/C22H19N3O2/c1-3-27-22(26)21-13-16(2)24-25(21)20-12-11-18(19(14-20)15-23)10-9-17-7-5-4-6-8-17/h4-14H,3H2,1-2H3/b10-9+. The lowest BCUT2D eigenvalue weighted by Gasteiger charge is -2.08. The van der Waals surface area contributed by atoms with Crippen molar-refractivity contribution in [3.8, 4) is 11.8 Å². The second kappa shape index (κ2) is 8.15. The number of aromatic nitrogens is 2. The van der Waals surface area contributed by atoms with Gasteiger partial charge in [-0.15, -0.1) is 0 Å². The molecule has 1 aromatic heterocycles. The fourth-order valence-electron chi connectivity index (χ4n) is 2.72. The van der Waals surface area contributed by atoms with E-state index in [9.17, 15) is 10.1 Å². The molecule has 1 heterocycles. The molecule has 0 bridgehead atoms. The van der Waals surface area contributed by atoms with Crippen molar-refractivity contribution in [3.63, 3.8) is 0 Å². The van der Waals surface area contributed by atoms with E-state index in [0.29, 0.717) is 22.6 Å². The van der Waals surface area contributed by atoms with Gasteiger partial charge in [0, 0.05) is 0 Å². The number of esters is 1. The van der Waals surface area contributed by atoms with Crippen LogP contribution >= 0.6 is 0 Å². The van der Waals surface area contributed by atoms with Gasteiger partial charge >= 0.3 is 5.97 Å². The Labute approximate surface area is 158 Å². The van der Waals surface area contributed by atoms with Gasteiger partial charge in [0.15, 0.2) is 5.69 Å². The molecule has 3 rings (SSSR count). The van der Waals surface area contributed by atoms with Crippen molar-refractivity contribution in [2.75, 3.05) is 6.61 Å². The summed E-state index contributed by atoms with van der Waals surface area (Å²) in [5.41, 5.74) is 4.03. The minimum absolute atomic E-state index is 0.287. The first-order valence-corrected chi connectivity index (χ1v) is 8.64. The van der Waals surface area contributed by atoms with Crippen LogP contribution in [0.25, 0.3) is 17.8 Å². The Bertz CT molecular complexity index is 1030. The lowest BCUT2D eigenvalue weighted by atomic mass is 10.1. The number of carbonyl (C=O) groups is 1. The molecule has 27 heavy (non-hydrogen) atoms. The van der Waals surface area contributed by atoms with Gasteiger partial charge in [0.1, 0.15) is 0 Å². The summed E-state index contributed by atoms with van der Waals surface area (Å²) >= 11 is 0. The van der Waals surface area contributed by atoms with Crippen molar-refractivity contribution >= 4 is 18.1 Å². The summed E-state index contributed by atoms with van der Waals surface area (Å²) in [4.78, 5) is 12.2. The van der Waals surface area contributed by atoms with Crippen LogP contribution in [0.3, 0.4) is 0 Å².